The average molecular weight is 315 g/mol. The molecule has 1 aliphatic rings. The number of ether oxygens (including phenoxy) is 2. The second-order valence-corrected chi connectivity index (χ2v) is 5.33. The number of fused-ring (bicyclic) bond motifs is 1. The molecule has 0 saturated heterocycles. The Morgan fingerprint density at radius 2 is 2.00 bits per heavy atom. The van der Waals surface area contributed by atoms with Gasteiger partial charge >= 0.3 is 0 Å². The van der Waals surface area contributed by atoms with Crippen molar-refractivity contribution in [2.24, 2.45) is 0 Å². The predicted molar refractivity (Wildman–Crippen MR) is 84.2 cm³/mol. The van der Waals surface area contributed by atoms with E-state index < -0.39 is 5.92 Å². The maximum atomic E-state index is 12.4. The van der Waals surface area contributed by atoms with Gasteiger partial charge in [0.2, 0.25) is 5.91 Å². The molecular weight excluding hydrogens is 298 g/mol. The third-order valence-corrected chi connectivity index (χ3v) is 3.88. The zero-order chi connectivity index (χ0) is 16.6. The van der Waals surface area contributed by atoms with Crippen molar-refractivity contribution in [1.82, 2.24) is 9.97 Å². The molecule has 7 nitrogen and oxygen atoms in total. The van der Waals surface area contributed by atoms with Gasteiger partial charge in [0.15, 0.2) is 0 Å². The van der Waals surface area contributed by atoms with Gasteiger partial charge in [-0.1, -0.05) is 0 Å². The van der Waals surface area contributed by atoms with Crippen molar-refractivity contribution < 1.29 is 14.3 Å². The minimum absolute atomic E-state index is 0.143. The van der Waals surface area contributed by atoms with Crippen LogP contribution in [-0.4, -0.2) is 30.1 Å². The Labute approximate surface area is 132 Å². The van der Waals surface area contributed by atoms with Crippen LogP contribution in [0.5, 0.6) is 11.5 Å². The summed E-state index contributed by atoms with van der Waals surface area (Å²) < 4.78 is 10.6. The third kappa shape index (κ3) is 2.65. The summed E-state index contributed by atoms with van der Waals surface area (Å²) in [6.45, 7) is 1.67. The minimum atomic E-state index is -0.444. The van der Waals surface area contributed by atoms with Crippen LogP contribution >= 0.6 is 0 Å². The fourth-order valence-electron chi connectivity index (χ4n) is 2.86. The smallest absolute Gasteiger partial charge is 0.256 e. The first-order valence-electron chi connectivity index (χ1n) is 7.16. The lowest BCUT2D eigenvalue weighted by atomic mass is 9.86. The SMILES string of the molecule is COc1ccc(OC)c([C@H]2CC(=O)Nc3nc(C)[nH]c(=O)c32)c1. The highest BCUT2D eigenvalue weighted by atomic mass is 16.5. The summed E-state index contributed by atoms with van der Waals surface area (Å²) in [5, 5.41) is 2.67. The van der Waals surface area contributed by atoms with Crippen molar-refractivity contribution in [3.8, 4) is 11.5 Å². The molecule has 0 fully saturated rings. The van der Waals surface area contributed by atoms with Gasteiger partial charge in [-0.15, -0.1) is 0 Å². The summed E-state index contributed by atoms with van der Waals surface area (Å²) in [6, 6.07) is 5.31. The maximum Gasteiger partial charge on any atom is 0.256 e. The number of benzene rings is 1. The number of rotatable bonds is 3. The van der Waals surface area contributed by atoms with E-state index in [4.69, 9.17) is 9.47 Å². The molecule has 2 heterocycles. The van der Waals surface area contributed by atoms with Crippen molar-refractivity contribution in [3.63, 3.8) is 0 Å². The summed E-state index contributed by atoms with van der Waals surface area (Å²) >= 11 is 0. The van der Waals surface area contributed by atoms with E-state index >= 15 is 0 Å². The quantitative estimate of drug-likeness (QED) is 0.897. The number of methoxy groups -OCH3 is 2. The molecule has 1 atom stereocenters. The van der Waals surface area contributed by atoms with Crippen LogP contribution in [0.3, 0.4) is 0 Å². The highest BCUT2D eigenvalue weighted by Crippen LogP contribution is 2.39. The van der Waals surface area contributed by atoms with Crippen LogP contribution in [0.15, 0.2) is 23.0 Å². The first-order valence-corrected chi connectivity index (χ1v) is 7.16. The van der Waals surface area contributed by atoms with Crippen molar-refractivity contribution in [3.05, 3.63) is 45.5 Å². The normalized spacial score (nSPS) is 16.5. The summed E-state index contributed by atoms with van der Waals surface area (Å²) in [4.78, 5) is 31.4. The Bertz CT molecular complexity index is 829. The van der Waals surface area contributed by atoms with Gasteiger partial charge in [-0.2, -0.15) is 0 Å². The molecule has 1 aromatic carbocycles. The van der Waals surface area contributed by atoms with E-state index in [0.29, 0.717) is 28.7 Å². The second kappa shape index (κ2) is 5.75. The number of nitrogens with zero attached hydrogens (tertiary/aromatic N) is 1. The van der Waals surface area contributed by atoms with Crippen molar-refractivity contribution >= 4 is 11.7 Å². The minimum Gasteiger partial charge on any atom is -0.497 e. The Morgan fingerprint density at radius 3 is 2.70 bits per heavy atom. The molecule has 0 radical (unpaired) electrons. The van der Waals surface area contributed by atoms with Gasteiger partial charge in [-0.05, 0) is 25.1 Å². The van der Waals surface area contributed by atoms with E-state index in [1.165, 1.54) is 0 Å². The number of aromatic nitrogens is 2. The van der Waals surface area contributed by atoms with Crippen LogP contribution in [0.25, 0.3) is 0 Å². The Kier molecular flexibility index (Phi) is 3.77. The maximum absolute atomic E-state index is 12.4. The zero-order valence-electron chi connectivity index (χ0n) is 13.1. The highest BCUT2D eigenvalue weighted by molar-refractivity contribution is 5.94. The molecule has 0 bridgehead atoms. The van der Waals surface area contributed by atoms with Gasteiger partial charge in [0.05, 0.1) is 19.8 Å². The molecule has 1 amide bonds. The monoisotopic (exact) mass is 315 g/mol. The van der Waals surface area contributed by atoms with E-state index in [9.17, 15) is 9.59 Å². The van der Waals surface area contributed by atoms with Crippen LogP contribution in [0, 0.1) is 6.92 Å². The molecule has 3 rings (SSSR count). The molecule has 1 aromatic heterocycles. The summed E-state index contributed by atoms with van der Waals surface area (Å²) in [5.74, 6) is 1.34. The largest absolute Gasteiger partial charge is 0.497 e. The molecule has 1 aliphatic heterocycles. The van der Waals surface area contributed by atoms with Gasteiger partial charge in [-0.3, -0.25) is 9.59 Å². The van der Waals surface area contributed by atoms with Gasteiger partial charge in [-0.25, -0.2) is 4.98 Å². The first kappa shape index (κ1) is 15.1. The zero-order valence-corrected chi connectivity index (χ0v) is 13.1. The van der Waals surface area contributed by atoms with Crippen molar-refractivity contribution in [1.29, 1.82) is 0 Å². The number of carbonyl (C=O) groups excluding carboxylic acids is 1. The van der Waals surface area contributed by atoms with Crippen LogP contribution in [0.4, 0.5) is 5.82 Å². The molecule has 23 heavy (non-hydrogen) atoms. The molecule has 0 spiro atoms. The topological polar surface area (TPSA) is 93.3 Å². The molecule has 120 valence electrons. The van der Waals surface area contributed by atoms with E-state index in [1.807, 2.05) is 0 Å². The van der Waals surface area contributed by atoms with Crippen molar-refractivity contribution in [2.75, 3.05) is 19.5 Å². The molecule has 2 aromatic rings. The fraction of sp³-hybridized carbons (Fsp3) is 0.312. The van der Waals surface area contributed by atoms with Gasteiger partial charge in [0, 0.05) is 17.9 Å². The van der Waals surface area contributed by atoms with Crippen LogP contribution in [0.2, 0.25) is 0 Å². The molecule has 0 aliphatic carbocycles. The number of anilines is 1. The number of aryl methyl sites for hydroxylation is 1. The van der Waals surface area contributed by atoms with E-state index in [-0.39, 0.29) is 17.9 Å². The average Bonchev–Trinajstić information content (AvgIpc) is 2.52. The number of aromatic amines is 1. The predicted octanol–water partition coefficient (Wildman–Crippen LogP) is 1.57. The van der Waals surface area contributed by atoms with E-state index in [0.717, 1.165) is 5.56 Å². The third-order valence-electron chi connectivity index (χ3n) is 3.88. The standard InChI is InChI=1S/C16H17N3O4/c1-8-17-15-14(16(21)18-8)11(7-13(20)19-15)10-6-9(22-2)4-5-12(10)23-3/h4-6,11H,7H2,1-3H3,(H2,17,18,19,20,21)/t11-/m1/s1. The van der Waals surface area contributed by atoms with Crippen LogP contribution in [-0.2, 0) is 4.79 Å². The van der Waals surface area contributed by atoms with Crippen LogP contribution in [0.1, 0.15) is 29.3 Å². The molecule has 7 heteroatoms. The second-order valence-electron chi connectivity index (χ2n) is 5.33. The Hall–Kier alpha value is -2.83. The van der Waals surface area contributed by atoms with Crippen molar-refractivity contribution in [2.45, 2.75) is 19.3 Å². The lowest BCUT2D eigenvalue weighted by molar-refractivity contribution is -0.116. The lowest BCUT2D eigenvalue weighted by Crippen LogP contribution is -2.31. The lowest BCUT2D eigenvalue weighted by Gasteiger charge is -2.25. The summed E-state index contributed by atoms with van der Waals surface area (Å²) in [5.41, 5.74) is 0.892. The Morgan fingerprint density at radius 1 is 1.22 bits per heavy atom. The van der Waals surface area contributed by atoms with E-state index in [2.05, 4.69) is 15.3 Å². The summed E-state index contributed by atoms with van der Waals surface area (Å²) in [6.07, 6.45) is 0.143. The number of hydrogen-bond acceptors (Lipinski definition) is 5. The van der Waals surface area contributed by atoms with Gasteiger partial charge in [0.25, 0.3) is 5.56 Å². The molecule has 0 saturated carbocycles. The Balaban J connectivity index is 2.22. The number of hydrogen-bond donors (Lipinski definition) is 2. The molecule has 0 unspecified atom stereocenters. The van der Waals surface area contributed by atoms with Crippen LogP contribution < -0.4 is 20.3 Å². The summed E-state index contributed by atoms with van der Waals surface area (Å²) in [7, 11) is 3.11. The first-order chi connectivity index (χ1) is 11.0. The highest BCUT2D eigenvalue weighted by Gasteiger charge is 2.32. The number of carbonyl (C=O) groups is 1. The van der Waals surface area contributed by atoms with Gasteiger partial charge in [0.1, 0.15) is 23.1 Å². The number of H-pyrrole nitrogens is 1. The molecule has 2 N–H and O–H groups in total. The van der Waals surface area contributed by atoms with E-state index in [1.54, 1.807) is 39.3 Å². The number of nitrogens with one attached hydrogen (secondary N) is 2. The number of amides is 1. The fourth-order valence-corrected chi connectivity index (χ4v) is 2.86. The van der Waals surface area contributed by atoms with Gasteiger partial charge < -0.3 is 19.8 Å². The molecular formula is C16H17N3O4.